The van der Waals surface area contributed by atoms with E-state index in [-0.39, 0.29) is 50.7 Å². The van der Waals surface area contributed by atoms with Gasteiger partial charge in [-0.1, -0.05) is 12.1 Å². The number of likely N-dealkylation sites (tertiary alicyclic amines) is 1. The first-order valence-electron chi connectivity index (χ1n) is 16.6. The molecule has 0 aromatic heterocycles. The Morgan fingerprint density at radius 1 is 0.935 bits per heavy atom. The lowest BCUT2D eigenvalue weighted by atomic mass is 9.92. The Kier molecular flexibility index (Phi) is 11.0. The number of anilines is 2. The van der Waals surface area contributed by atoms with Crippen LogP contribution < -0.4 is 10.2 Å². The van der Waals surface area contributed by atoms with E-state index in [0.29, 0.717) is 11.6 Å². The van der Waals surface area contributed by atoms with Crippen LogP contribution in [0.3, 0.4) is 0 Å². The third kappa shape index (κ3) is 9.04. The van der Waals surface area contributed by atoms with Crippen LogP contribution in [-0.4, -0.2) is 79.0 Å². The van der Waals surface area contributed by atoms with Crippen LogP contribution in [0.5, 0.6) is 0 Å². The van der Waals surface area contributed by atoms with Crippen LogP contribution in [0.4, 0.5) is 29.3 Å². The molecule has 2 fully saturated rings. The molecule has 2 aromatic rings. The SMILES string of the molecule is CC(C)(C)OC(=O)N1CCN(c2ccc(NCCC(=O)N3CCC(CSc4cccc5c4CCCC5)CC3)cc2C(F)(F)F)CC1. The van der Waals surface area contributed by atoms with Crippen molar-refractivity contribution in [2.45, 2.75) is 82.4 Å². The summed E-state index contributed by atoms with van der Waals surface area (Å²) in [6.07, 6.45) is 2.08. The molecule has 11 heteroatoms. The zero-order valence-electron chi connectivity index (χ0n) is 27.3. The molecule has 0 unspecified atom stereocenters. The van der Waals surface area contributed by atoms with Gasteiger partial charge in [-0.05, 0) is 101 Å². The summed E-state index contributed by atoms with van der Waals surface area (Å²) < 4.78 is 47.8. The van der Waals surface area contributed by atoms with Crippen LogP contribution in [0.1, 0.15) is 69.6 Å². The van der Waals surface area contributed by atoms with Crippen molar-refractivity contribution in [2.24, 2.45) is 5.92 Å². The summed E-state index contributed by atoms with van der Waals surface area (Å²) in [5.74, 6) is 1.68. The van der Waals surface area contributed by atoms with E-state index >= 15 is 0 Å². The maximum atomic E-state index is 14.1. The van der Waals surface area contributed by atoms with Crippen molar-refractivity contribution < 1.29 is 27.5 Å². The van der Waals surface area contributed by atoms with E-state index in [9.17, 15) is 22.8 Å². The molecule has 1 N–H and O–H groups in total. The molecule has 5 rings (SSSR count). The van der Waals surface area contributed by atoms with Gasteiger partial charge < -0.3 is 24.8 Å². The first-order chi connectivity index (χ1) is 21.9. The number of carbonyl (C=O) groups excluding carboxylic acids is 2. The van der Waals surface area contributed by atoms with Gasteiger partial charge in [0.25, 0.3) is 0 Å². The van der Waals surface area contributed by atoms with Gasteiger partial charge in [0.05, 0.1) is 5.56 Å². The molecule has 0 saturated carbocycles. The molecular weight excluding hydrogens is 613 g/mol. The van der Waals surface area contributed by atoms with Crippen LogP contribution in [0.2, 0.25) is 0 Å². The largest absolute Gasteiger partial charge is 0.444 e. The number of fused-ring (bicyclic) bond motifs is 1. The Morgan fingerprint density at radius 2 is 1.65 bits per heavy atom. The molecule has 46 heavy (non-hydrogen) atoms. The minimum atomic E-state index is -4.55. The summed E-state index contributed by atoms with van der Waals surface area (Å²) in [6.45, 7) is 8.15. The summed E-state index contributed by atoms with van der Waals surface area (Å²) >= 11 is 1.96. The monoisotopic (exact) mass is 660 g/mol. The normalized spacial score (nSPS) is 17.9. The maximum absolute atomic E-state index is 14.1. The Balaban J connectivity index is 1.07. The highest BCUT2D eigenvalue weighted by Crippen LogP contribution is 2.39. The average Bonchev–Trinajstić information content (AvgIpc) is 3.03. The van der Waals surface area contributed by atoms with Crippen LogP contribution in [-0.2, 0) is 28.5 Å². The number of carbonyl (C=O) groups is 2. The lowest BCUT2D eigenvalue weighted by Gasteiger charge is -2.37. The number of amides is 2. The molecule has 2 aliphatic heterocycles. The average molecular weight is 661 g/mol. The van der Waals surface area contributed by atoms with Crippen molar-refractivity contribution in [3.05, 3.63) is 53.1 Å². The number of halogens is 3. The van der Waals surface area contributed by atoms with Crippen LogP contribution in [0.25, 0.3) is 0 Å². The Morgan fingerprint density at radius 3 is 2.35 bits per heavy atom. The summed E-state index contributed by atoms with van der Waals surface area (Å²) in [4.78, 5) is 31.8. The number of rotatable bonds is 8. The maximum Gasteiger partial charge on any atom is 0.418 e. The van der Waals surface area contributed by atoms with E-state index < -0.39 is 23.4 Å². The van der Waals surface area contributed by atoms with E-state index in [1.54, 1.807) is 31.7 Å². The van der Waals surface area contributed by atoms with E-state index in [1.807, 2.05) is 16.7 Å². The predicted molar refractivity (Wildman–Crippen MR) is 178 cm³/mol. The topological polar surface area (TPSA) is 65.1 Å². The number of nitrogens with one attached hydrogen (secondary N) is 1. The quantitative estimate of drug-likeness (QED) is 0.297. The number of thioether (sulfide) groups is 1. The zero-order chi connectivity index (χ0) is 32.9. The number of piperazine rings is 1. The van der Waals surface area contributed by atoms with Gasteiger partial charge in [0.2, 0.25) is 5.91 Å². The molecule has 2 aromatic carbocycles. The zero-order valence-corrected chi connectivity index (χ0v) is 28.1. The first-order valence-corrected chi connectivity index (χ1v) is 17.6. The fourth-order valence-corrected chi connectivity index (χ4v) is 7.85. The fourth-order valence-electron chi connectivity index (χ4n) is 6.52. The number of hydrogen-bond donors (Lipinski definition) is 1. The number of piperidine rings is 1. The van der Waals surface area contributed by atoms with Gasteiger partial charge in [0, 0.05) is 74.3 Å². The molecule has 0 radical (unpaired) electrons. The van der Waals surface area contributed by atoms with E-state index in [1.165, 1.54) is 52.7 Å². The minimum absolute atomic E-state index is 0.0336. The Labute approximate surface area is 275 Å². The number of nitrogens with zero attached hydrogens (tertiary/aromatic N) is 3. The Hall–Kier alpha value is -3.08. The molecule has 7 nitrogen and oxygen atoms in total. The highest BCUT2D eigenvalue weighted by atomic mass is 32.2. The molecule has 1 aliphatic carbocycles. The van der Waals surface area contributed by atoms with E-state index in [0.717, 1.165) is 37.8 Å². The van der Waals surface area contributed by atoms with Gasteiger partial charge in [-0.3, -0.25) is 4.79 Å². The molecule has 0 bridgehead atoms. The summed E-state index contributed by atoms with van der Waals surface area (Å²) in [7, 11) is 0. The number of benzene rings is 2. The second-order valence-corrected chi connectivity index (χ2v) is 14.7. The van der Waals surface area contributed by atoms with Gasteiger partial charge in [-0.15, -0.1) is 11.8 Å². The summed E-state index contributed by atoms with van der Waals surface area (Å²) in [5.41, 5.74) is 2.09. The highest BCUT2D eigenvalue weighted by molar-refractivity contribution is 7.99. The fraction of sp³-hybridized carbons (Fsp3) is 0.600. The van der Waals surface area contributed by atoms with Crippen molar-refractivity contribution in [2.75, 3.05) is 61.8 Å². The second-order valence-electron chi connectivity index (χ2n) is 13.6. The predicted octanol–water partition coefficient (Wildman–Crippen LogP) is 7.47. The van der Waals surface area contributed by atoms with Gasteiger partial charge in [0.15, 0.2) is 0 Å². The lowest BCUT2D eigenvalue weighted by molar-refractivity contribution is -0.137. The first kappa shape index (κ1) is 34.3. The third-order valence-corrected chi connectivity index (χ3v) is 10.4. The third-order valence-electron chi connectivity index (χ3n) is 9.04. The molecule has 3 aliphatic rings. The van der Waals surface area contributed by atoms with E-state index in [2.05, 4.69) is 23.5 Å². The molecule has 0 atom stereocenters. The van der Waals surface area contributed by atoms with Crippen LogP contribution in [0.15, 0.2) is 41.3 Å². The molecule has 252 valence electrons. The molecule has 0 spiro atoms. The van der Waals surface area contributed by atoms with Crippen molar-refractivity contribution in [3.8, 4) is 0 Å². The molecule has 2 saturated heterocycles. The second kappa shape index (κ2) is 14.8. The summed E-state index contributed by atoms with van der Waals surface area (Å²) in [6, 6.07) is 10.9. The number of ether oxygens (including phenoxy) is 1. The van der Waals surface area contributed by atoms with Crippen molar-refractivity contribution in [1.82, 2.24) is 9.80 Å². The van der Waals surface area contributed by atoms with Gasteiger partial charge in [0.1, 0.15) is 5.60 Å². The number of alkyl halides is 3. The molecule has 2 heterocycles. The van der Waals surface area contributed by atoms with Gasteiger partial charge in [-0.25, -0.2) is 4.79 Å². The molecule has 2 amide bonds. The van der Waals surface area contributed by atoms with E-state index in [4.69, 9.17) is 4.74 Å². The van der Waals surface area contributed by atoms with Crippen molar-refractivity contribution >= 4 is 35.1 Å². The summed E-state index contributed by atoms with van der Waals surface area (Å²) in [5, 5.41) is 3.03. The highest BCUT2D eigenvalue weighted by Gasteiger charge is 2.36. The van der Waals surface area contributed by atoms with Crippen molar-refractivity contribution in [3.63, 3.8) is 0 Å². The minimum Gasteiger partial charge on any atom is -0.444 e. The van der Waals surface area contributed by atoms with Gasteiger partial charge >= 0.3 is 12.3 Å². The van der Waals surface area contributed by atoms with Gasteiger partial charge in [-0.2, -0.15) is 13.2 Å². The number of aryl methyl sites for hydroxylation is 1. The standard InChI is InChI=1S/C35H47F3N4O3S/c1-34(2,3)45-33(44)42-21-19-40(20-22-42)30-12-11-27(23-29(30)35(36,37)38)39-16-13-32(43)41-17-14-25(15-18-41)24-46-31-10-6-8-26-7-4-5-9-28(26)31/h6,8,10-12,23,25,39H,4-5,7,9,13-22,24H2,1-3H3. The Bertz CT molecular complexity index is 1360. The smallest absolute Gasteiger partial charge is 0.418 e. The van der Waals surface area contributed by atoms with Crippen LogP contribution >= 0.6 is 11.8 Å². The van der Waals surface area contributed by atoms with Crippen molar-refractivity contribution in [1.29, 1.82) is 0 Å². The lowest BCUT2D eigenvalue weighted by Crippen LogP contribution is -2.50. The number of hydrogen-bond acceptors (Lipinski definition) is 6. The van der Waals surface area contributed by atoms with Crippen LogP contribution in [0, 0.1) is 5.92 Å². The molecular formula is C35H47F3N4O3S.